The van der Waals surface area contributed by atoms with Gasteiger partial charge in [-0.05, 0) is 134 Å². The highest BCUT2D eigenvalue weighted by Crippen LogP contribution is 2.53. The van der Waals surface area contributed by atoms with E-state index in [9.17, 15) is 10.5 Å². The van der Waals surface area contributed by atoms with Gasteiger partial charge in [0.15, 0.2) is 0 Å². The normalized spacial score (nSPS) is 11.9. The van der Waals surface area contributed by atoms with Crippen LogP contribution in [0.3, 0.4) is 0 Å². The lowest BCUT2D eigenvalue weighted by molar-refractivity contribution is 1.48. The van der Waals surface area contributed by atoms with E-state index in [0.717, 1.165) is 11.1 Å². The number of rotatable bonds is 2. The molecule has 0 aromatic heterocycles. The minimum Gasteiger partial charge on any atom is -0.192 e. The molecule has 10 rings (SSSR count). The maximum atomic E-state index is 9.64. The molecule has 46 heavy (non-hydrogen) atoms. The summed E-state index contributed by atoms with van der Waals surface area (Å²) in [4.78, 5) is 0. The highest BCUT2D eigenvalue weighted by atomic mass is 14.3. The molecule has 0 unspecified atom stereocenters. The van der Waals surface area contributed by atoms with E-state index in [-0.39, 0.29) is 0 Å². The topological polar surface area (TPSA) is 47.6 Å². The van der Waals surface area contributed by atoms with Gasteiger partial charge in [-0.1, -0.05) is 97.1 Å². The minimum atomic E-state index is 0.646. The van der Waals surface area contributed by atoms with Crippen LogP contribution in [-0.2, 0) is 0 Å². The predicted octanol–water partition coefficient (Wildman–Crippen LogP) is 11.7. The largest absolute Gasteiger partial charge is 0.192 e. The fraction of sp³-hybridized carbons (Fsp3) is 0. The van der Waals surface area contributed by atoms with E-state index in [4.69, 9.17) is 0 Å². The van der Waals surface area contributed by atoms with Crippen molar-refractivity contribution in [3.05, 3.63) is 145 Å². The maximum Gasteiger partial charge on any atom is 0.0991 e. The average Bonchev–Trinajstić information content (AvgIpc) is 3.61. The average molecular weight is 579 g/mol. The van der Waals surface area contributed by atoms with Crippen LogP contribution < -0.4 is 0 Å². The summed E-state index contributed by atoms with van der Waals surface area (Å²) >= 11 is 0. The monoisotopic (exact) mass is 578 g/mol. The Morgan fingerprint density at radius 2 is 0.696 bits per heavy atom. The van der Waals surface area contributed by atoms with Crippen LogP contribution in [0.2, 0.25) is 0 Å². The fourth-order valence-electron chi connectivity index (χ4n) is 8.09. The molecule has 0 aliphatic heterocycles. The molecule has 0 saturated carbocycles. The second kappa shape index (κ2) is 9.02. The quantitative estimate of drug-likeness (QED) is 0.205. The van der Waals surface area contributed by atoms with Crippen molar-refractivity contribution < 1.29 is 0 Å². The standard InChI is InChI=1S/C44H22N2/c45-23-25-13-17-29(18-14-25)41-37-21-35-31-9-1-5-27-6-2-10-32(39(27)31)36(35)22-38(37)42(30-19-15-26(24-46)16-20-30)44-34-12-4-8-28-7-3-11-33(40(28)34)43(41)44/h1-22H. The van der Waals surface area contributed by atoms with Crippen LogP contribution in [0.25, 0.3) is 97.7 Å². The summed E-state index contributed by atoms with van der Waals surface area (Å²) in [6, 6.07) is 51.9. The lowest BCUT2D eigenvalue weighted by Crippen LogP contribution is -1.90. The van der Waals surface area contributed by atoms with E-state index >= 15 is 0 Å². The smallest absolute Gasteiger partial charge is 0.0991 e. The summed E-state index contributed by atoms with van der Waals surface area (Å²) < 4.78 is 0. The van der Waals surface area contributed by atoms with Crippen molar-refractivity contribution in [2.75, 3.05) is 0 Å². The second-order valence-corrected chi connectivity index (χ2v) is 12.2. The third-order valence-corrected chi connectivity index (χ3v) is 9.98. The predicted molar refractivity (Wildman–Crippen MR) is 192 cm³/mol. The summed E-state index contributed by atoms with van der Waals surface area (Å²) in [6.45, 7) is 0. The molecular weight excluding hydrogens is 556 g/mol. The molecule has 0 saturated heterocycles. The van der Waals surface area contributed by atoms with Gasteiger partial charge in [-0.25, -0.2) is 0 Å². The molecule has 208 valence electrons. The van der Waals surface area contributed by atoms with Gasteiger partial charge in [-0.2, -0.15) is 10.5 Å². The van der Waals surface area contributed by atoms with Gasteiger partial charge in [-0.15, -0.1) is 0 Å². The third-order valence-electron chi connectivity index (χ3n) is 9.98. The molecule has 0 amide bonds. The molecule has 0 bridgehead atoms. The van der Waals surface area contributed by atoms with Crippen molar-refractivity contribution in [3.63, 3.8) is 0 Å². The first-order valence-corrected chi connectivity index (χ1v) is 15.5. The molecule has 10 aromatic carbocycles. The molecule has 0 heterocycles. The Hall–Kier alpha value is -6.48. The van der Waals surface area contributed by atoms with Crippen molar-refractivity contribution in [3.8, 4) is 34.4 Å². The van der Waals surface area contributed by atoms with Gasteiger partial charge in [0.2, 0.25) is 0 Å². The first-order chi connectivity index (χ1) is 22.7. The van der Waals surface area contributed by atoms with Gasteiger partial charge in [0.25, 0.3) is 0 Å². The minimum absolute atomic E-state index is 0.646. The SMILES string of the molecule is N#Cc1ccc(-c2c3cc4c(cc3c(-c3ccc(C#N)cc3)c3c5cccc6cccc(c23)c65)c2cccc3cccc4c32)cc1. The van der Waals surface area contributed by atoms with Gasteiger partial charge in [0.05, 0.1) is 23.3 Å². The summed E-state index contributed by atoms with van der Waals surface area (Å²) in [5, 5.41) is 36.6. The Morgan fingerprint density at radius 3 is 1.09 bits per heavy atom. The molecule has 0 radical (unpaired) electrons. The molecule has 0 fully saturated rings. The van der Waals surface area contributed by atoms with E-state index in [1.54, 1.807) is 0 Å². The van der Waals surface area contributed by atoms with Crippen LogP contribution in [0.4, 0.5) is 0 Å². The molecular formula is C44H22N2. The zero-order chi connectivity index (χ0) is 30.5. The van der Waals surface area contributed by atoms with E-state index in [1.165, 1.54) is 86.5 Å². The Bertz CT molecular complexity index is 2760. The molecule has 2 heteroatoms. The van der Waals surface area contributed by atoms with Crippen LogP contribution in [0.15, 0.2) is 133 Å². The van der Waals surface area contributed by atoms with Crippen LogP contribution in [0.5, 0.6) is 0 Å². The number of hydrogen-bond acceptors (Lipinski definition) is 2. The van der Waals surface area contributed by atoms with Gasteiger partial charge >= 0.3 is 0 Å². The third kappa shape index (κ3) is 3.18. The van der Waals surface area contributed by atoms with Gasteiger partial charge < -0.3 is 0 Å². The van der Waals surface area contributed by atoms with E-state index in [0.29, 0.717) is 11.1 Å². The number of nitrogens with zero attached hydrogens (tertiary/aromatic N) is 2. The van der Waals surface area contributed by atoms with E-state index in [2.05, 4.69) is 121 Å². The van der Waals surface area contributed by atoms with Crippen LogP contribution in [0.1, 0.15) is 11.1 Å². The van der Waals surface area contributed by atoms with Gasteiger partial charge in [-0.3, -0.25) is 0 Å². The molecule has 0 spiro atoms. The van der Waals surface area contributed by atoms with Crippen molar-refractivity contribution >= 4 is 75.4 Å². The summed E-state index contributed by atoms with van der Waals surface area (Å²) in [7, 11) is 0. The van der Waals surface area contributed by atoms with Crippen molar-refractivity contribution in [1.82, 2.24) is 0 Å². The number of benzene rings is 8. The van der Waals surface area contributed by atoms with Crippen molar-refractivity contribution in [1.29, 1.82) is 10.5 Å². The van der Waals surface area contributed by atoms with Gasteiger partial charge in [0, 0.05) is 0 Å². The summed E-state index contributed by atoms with van der Waals surface area (Å²) in [6.07, 6.45) is 0. The Balaban J connectivity index is 1.52. The second-order valence-electron chi connectivity index (χ2n) is 12.2. The molecule has 0 N–H and O–H groups in total. The number of hydrogen-bond donors (Lipinski definition) is 0. The van der Waals surface area contributed by atoms with Crippen molar-refractivity contribution in [2.24, 2.45) is 0 Å². The Labute approximate surface area is 264 Å². The lowest BCUT2D eigenvalue weighted by atomic mass is 9.85. The Morgan fingerprint density at radius 1 is 0.326 bits per heavy atom. The van der Waals surface area contributed by atoms with E-state index in [1.807, 2.05) is 24.3 Å². The van der Waals surface area contributed by atoms with Crippen molar-refractivity contribution in [2.45, 2.75) is 0 Å². The lowest BCUT2D eigenvalue weighted by Gasteiger charge is -2.17. The summed E-state index contributed by atoms with van der Waals surface area (Å²) in [5.74, 6) is 0. The highest BCUT2D eigenvalue weighted by Gasteiger charge is 2.24. The zero-order valence-corrected chi connectivity index (χ0v) is 24.6. The van der Waals surface area contributed by atoms with Crippen LogP contribution in [0, 0.1) is 22.7 Å². The summed E-state index contributed by atoms with van der Waals surface area (Å²) in [5.41, 5.74) is 5.83. The number of nitriles is 2. The molecule has 10 aromatic rings. The maximum absolute atomic E-state index is 9.64. The first kappa shape index (κ1) is 24.9. The molecule has 0 atom stereocenters. The van der Waals surface area contributed by atoms with Crippen LogP contribution in [-0.4, -0.2) is 0 Å². The first-order valence-electron chi connectivity index (χ1n) is 15.5. The molecule has 0 aliphatic carbocycles. The fourth-order valence-corrected chi connectivity index (χ4v) is 8.09. The van der Waals surface area contributed by atoms with E-state index < -0.39 is 0 Å². The number of fused-ring (bicyclic) bond motifs is 7. The van der Waals surface area contributed by atoms with Gasteiger partial charge in [0.1, 0.15) is 0 Å². The Kier molecular flexibility index (Phi) is 4.89. The van der Waals surface area contributed by atoms with Crippen LogP contribution >= 0.6 is 0 Å². The molecule has 0 aliphatic rings. The molecule has 2 nitrogen and oxygen atoms in total. The highest BCUT2D eigenvalue weighted by molar-refractivity contribution is 6.41. The zero-order valence-electron chi connectivity index (χ0n) is 24.6.